The Labute approximate surface area is 145 Å². The topological polar surface area (TPSA) is 58.4 Å². The van der Waals surface area contributed by atoms with E-state index in [0.29, 0.717) is 24.4 Å². The van der Waals surface area contributed by atoms with Gasteiger partial charge in [0, 0.05) is 25.2 Å². The Morgan fingerprint density at radius 2 is 2.00 bits per heavy atom. The highest BCUT2D eigenvalue weighted by atomic mass is 16.1. The molecule has 0 spiro atoms. The molecule has 24 heavy (non-hydrogen) atoms. The summed E-state index contributed by atoms with van der Waals surface area (Å²) in [5.41, 5.74) is 8.72. The molecular weight excluding hydrogens is 298 g/mol. The molecule has 0 aliphatic heterocycles. The van der Waals surface area contributed by atoms with Crippen LogP contribution in [0.1, 0.15) is 44.2 Å². The van der Waals surface area contributed by atoms with Gasteiger partial charge >= 0.3 is 0 Å². The molecule has 2 saturated carbocycles. The first-order chi connectivity index (χ1) is 11.5. The molecule has 2 aliphatic carbocycles. The van der Waals surface area contributed by atoms with Gasteiger partial charge in [0.1, 0.15) is 0 Å². The van der Waals surface area contributed by atoms with E-state index in [2.05, 4.69) is 55.4 Å². The predicted molar refractivity (Wildman–Crippen MR) is 97.2 cm³/mol. The molecule has 4 nitrogen and oxygen atoms in total. The minimum absolute atomic E-state index is 0.0269. The minimum Gasteiger partial charge on any atom is -0.352 e. The van der Waals surface area contributed by atoms with Gasteiger partial charge in [0.15, 0.2) is 0 Å². The maximum Gasteiger partial charge on any atom is 0.225 e. The van der Waals surface area contributed by atoms with Crippen molar-refractivity contribution < 1.29 is 4.79 Å². The Kier molecular flexibility index (Phi) is 5.26. The molecular formula is C20H31N3O. The van der Waals surface area contributed by atoms with Crippen molar-refractivity contribution in [3.8, 4) is 0 Å². The highest BCUT2D eigenvalue weighted by Gasteiger charge is 2.48. The number of nitrogens with zero attached hydrogens (tertiary/aromatic N) is 1. The zero-order chi connectivity index (χ0) is 17.3. The molecule has 3 N–H and O–H groups in total. The molecule has 0 aromatic heterocycles. The van der Waals surface area contributed by atoms with E-state index in [9.17, 15) is 4.79 Å². The summed E-state index contributed by atoms with van der Waals surface area (Å²) in [5.74, 6) is 1.26. The first-order valence-corrected chi connectivity index (χ1v) is 9.27. The number of carbonyl (C=O) groups is 1. The highest BCUT2D eigenvalue weighted by molar-refractivity contribution is 5.80. The molecule has 1 aromatic carbocycles. The van der Waals surface area contributed by atoms with E-state index >= 15 is 0 Å². The lowest BCUT2D eigenvalue weighted by Crippen LogP contribution is -2.45. The molecule has 2 aliphatic rings. The predicted octanol–water partition coefficient (Wildman–Crippen LogP) is 2.52. The number of hydrogen-bond donors (Lipinski definition) is 2. The van der Waals surface area contributed by atoms with Crippen molar-refractivity contribution in [1.82, 2.24) is 10.2 Å². The Hall–Kier alpha value is -1.39. The Morgan fingerprint density at radius 1 is 1.29 bits per heavy atom. The average Bonchev–Trinajstić information content (AvgIpc) is 3.14. The first-order valence-electron chi connectivity index (χ1n) is 9.27. The van der Waals surface area contributed by atoms with Gasteiger partial charge in [-0.1, -0.05) is 24.3 Å². The van der Waals surface area contributed by atoms with E-state index in [0.717, 1.165) is 18.5 Å². The summed E-state index contributed by atoms with van der Waals surface area (Å²) in [7, 11) is 2.13. The van der Waals surface area contributed by atoms with E-state index in [-0.39, 0.29) is 17.9 Å². The molecule has 2 bridgehead atoms. The zero-order valence-corrected chi connectivity index (χ0v) is 15.2. The molecule has 0 radical (unpaired) electrons. The van der Waals surface area contributed by atoms with Gasteiger partial charge in [-0.3, -0.25) is 9.69 Å². The van der Waals surface area contributed by atoms with Crippen molar-refractivity contribution in [2.45, 2.75) is 58.3 Å². The lowest BCUT2D eigenvalue weighted by atomic mass is 9.84. The van der Waals surface area contributed by atoms with Crippen LogP contribution in [0.4, 0.5) is 0 Å². The van der Waals surface area contributed by atoms with Gasteiger partial charge in [-0.05, 0) is 63.1 Å². The maximum atomic E-state index is 12.6. The largest absolute Gasteiger partial charge is 0.352 e. The molecule has 132 valence electrons. The van der Waals surface area contributed by atoms with Gasteiger partial charge in [0.2, 0.25) is 5.91 Å². The van der Waals surface area contributed by atoms with Crippen LogP contribution in [0.5, 0.6) is 0 Å². The monoisotopic (exact) mass is 329 g/mol. The summed E-state index contributed by atoms with van der Waals surface area (Å²) in [6, 6.07) is 9.09. The standard InChI is InChI=1S/C20H31N3O/c1-13(2)23(3)12-15-6-4-5-14(9-15)11-22-20(24)18-16-7-8-17(10-16)19(18)21/h4-6,9,13,16-19H,7-8,10-12,21H2,1-3H3,(H,22,24). The van der Waals surface area contributed by atoms with Gasteiger partial charge in [-0.25, -0.2) is 0 Å². The fraction of sp³-hybridized carbons (Fsp3) is 0.650. The van der Waals surface area contributed by atoms with Gasteiger partial charge in [-0.15, -0.1) is 0 Å². The molecule has 1 aromatic rings. The summed E-state index contributed by atoms with van der Waals surface area (Å²) in [6.07, 6.45) is 3.53. The molecule has 3 rings (SSSR count). The van der Waals surface area contributed by atoms with Gasteiger partial charge in [-0.2, -0.15) is 0 Å². The van der Waals surface area contributed by atoms with Crippen LogP contribution in [-0.4, -0.2) is 29.9 Å². The number of amides is 1. The fourth-order valence-electron chi connectivity index (χ4n) is 4.34. The smallest absolute Gasteiger partial charge is 0.225 e. The van der Waals surface area contributed by atoms with Crippen LogP contribution in [0.25, 0.3) is 0 Å². The zero-order valence-electron chi connectivity index (χ0n) is 15.2. The number of fused-ring (bicyclic) bond motifs is 2. The molecule has 2 fully saturated rings. The molecule has 4 heteroatoms. The number of nitrogens with two attached hydrogens (primary N) is 1. The van der Waals surface area contributed by atoms with E-state index < -0.39 is 0 Å². The lowest BCUT2D eigenvalue weighted by Gasteiger charge is -2.27. The number of carbonyl (C=O) groups excluding carboxylic acids is 1. The first kappa shape index (κ1) is 17.4. The van der Waals surface area contributed by atoms with Crippen LogP contribution >= 0.6 is 0 Å². The number of benzene rings is 1. The Morgan fingerprint density at radius 3 is 2.67 bits per heavy atom. The Balaban J connectivity index is 1.56. The van der Waals surface area contributed by atoms with Crippen molar-refractivity contribution in [2.75, 3.05) is 7.05 Å². The van der Waals surface area contributed by atoms with Crippen molar-refractivity contribution in [3.05, 3.63) is 35.4 Å². The third kappa shape index (κ3) is 3.65. The van der Waals surface area contributed by atoms with Crippen LogP contribution in [0, 0.1) is 17.8 Å². The van der Waals surface area contributed by atoms with E-state index in [4.69, 9.17) is 5.73 Å². The summed E-state index contributed by atoms with van der Waals surface area (Å²) in [5, 5.41) is 3.13. The van der Waals surface area contributed by atoms with Crippen molar-refractivity contribution in [1.29, 1.82) is 0 Å². The molecule has 4 atom stereocenters. The van der Waals surface area contributed by atoms with Crippen LogP contribution in [-0.2, 0) is 17.9 Å². The van der Waals surface area contributed by atoms with E-state index in [1.54, 1.807) is 0 Å². The number of nitrogens with one attached hydrogen (secondary N) is 1. The second kappa shape index (κ2) is 7.24. The van der Waals surface area contributed by atoms with Crippen LogP contribution in [0.15, 0.2) is 24.3 Å². The summed E-state index contributed by atoms with van der Waals surface area (Å²) >= 11 is 0. The van der Waals surface area contributed by atoms with Crippen molar-refractivity contribution >= 4 is 5.91 Å². The minimum atomic E-state index is 0.0269. The van der Waals surface area contributed by atoms with Crippen LogP contribution < -0.4 is 11.1 Å². The summed E-state index contributed by atoms with van der Waals surface area (Å²) < 4.78 is 0. The van der Waals surface area contributed by atoms with Gasteiger partial charge in [0.05, 0.1) is 5.92 Å². The summed E-state index contributed by atoms with van der Waals surface area (Å²) in [4.78, 5) is 14.9. The third-order valence-electron chi connectivity index (χ3n) is 6.06. The van der Waals surface area contributed by atoms with Crippen molar-refractivity contribution in [2.24, 2.45) is 23.5 Å². The van der Waals surface area contributed by atoms with Gasteiger partial charge < -0.3 is 11.1 Å². The normalized spacial score (nSPS) is 28.8. The SMILES string of the molecule is CC(C)N(C)Cc1cccc(CNC(=O)C2C3CCC(C3)C2N)c1. The van der Waals surface area contributed by atoms with Crippen LogP contribution in [0.2, 0.25) is 0 Å². The Bertz CT molecular complexity index is 584. The molecule has 4 unspecified atom stereocenters. The molecule has 1 amide bonds. The number of rotatable bonds is 6. The van der Waals surface area contributed by atoms with Crippen molar-refractivity contribution in [3.63, 3.8) is 0 Å². The third-order valence-corrected chi connectivity index (χ3v) is 6.06. The number of hydrogen-bond acceptors (Lipinski definition) is 3. The van der Waals surface area contributed by atoms with E-state index in [1.165, 1.54) is 18.4 Å². The summed E-state index contributed by atoms with van der Waals surface area (Å²) in [6.45, 7) is 5.92. The molecule has 0 heterocycles. The maximum absolute atomic E-state index is 12.6. The quantitative estimate of drug-likeness (QED) is 0.843. The highest BCUT2D eigenvalue weighted by Crippen LogP contribution is 2.47. The van der Waals surface area contributed by atoms with Crippen LogP contribution in [0.3, 0.4) is 0 Å². The average molecular weight is 329 g/mol. The second-order valence-corrected chi connectivity index (χ2v) is 7.98. The van der Waals surface area contributed by atoms with Gasteiger partial charge in [0.25, 0.3) is 0 Å². The van der Waals surface area contributed by atoms with E-state index in [1.807, 2.05) is 0 Å². The lowest BCUT2D eigenvalue weighted by molar-refractivity contribution is -0.127. The second-order valence-electron chi connectivity index (χ2n) is 7.98. The fourth-order valence-corrected chi connectivity index (χ4v) is 4.34. The molecule has 0 saturated heterocycles.